The first-order valence-corrected chi connectivity index (χ1v) is 5.66. The molecular formula is C11H17N3O4. The molecular weight excluding hydrogens is 238 g/mol. The standard InChI is InChI=1S/C11H17N3O4/c1-7(2)9-5-10(14(16)17)12-13(9)6-8(3)11(15)18-4/h5,7-8H,6H2,1-4H3. The van der Waals surface area contributed by atoms with Crippen molar-refractivity contribution in [2.24, 2.45) is 5.92 Å². The Labute approximate surface area is 105 Å². The van der Waals surface area contributed by atoms with Crippen LogP contribution in [-0.2, 0) is 16.1 Å². The van der Waals surface area contributed by atoms with Crippen LogP contribution in [0.2, 0.25) is 0 Å². The Morgan fingerprint density at radius 2 is 2.17 bits per heavy atom. The minimum absolute atomic E-state index is 0.0936. The van der Waals surface area contributed by atoms with Crippen LogP contribution in [0.15, 0.2) is 6.07 Å². The highest BCUT2D eigenvalue weighted by molar-refractivity contribution is 5.71. The van der Waals surface area contributed by atoms with Gasteiger partial charge in [0.25, 0.3) is 0 Å². The van der Waals surface area contributed by atoms with Crippen LogP contribution in [0.1, 0.15) is 32.4 Å². The molecule has 0 aromatic carbocycles. The summed E-state index contributed by atoms with van der Waals surface area (Å²) in [6.45, 7) is 5.80. The van der Waals surface area contributed by atoms with Crippen molar-refractivity contribution >= 4 is 11.8 Å². The second-order valence-electron chi connectivity index (χ2n) is 4.45. The molecule has 0 radical (unpaired) electrons. The lowest BCUT2D eigenvalue weighted by Crippen LogP contribution is -2.21. The van der Waals surface area contributed by atoms with Gasteiger partial charge in [0, 0.05) is 0 Å². The van der Waals surface area contributed by atoms with E-state index in [0.29, 0.717) is 0 Å². The fraction of sp³-hybridized carbons (Fsp3) is 0.636. The van der Waals surface area contributed by atoms with E-state index in [1.54, 1.807) is 6.92 Å². The number of carbonyl (C=O) groups excluding carboxylic acids is 1. The van der Waals surface area contributed by atoms with Gasteiger partial charge in [0.2, 0.25) is 0 Å². The Bertz CT molecular complexity index is 453. The Morgan fingerprint density at radius 3 is 2.61 bits per heavy atom. The number of carbonyl (C=O) groups is 1. The first-order valence-electron chi connectivity index (χ1n) is 5.66. The average Bonchev–Trinajstić information content (AvgIpc) is 2.72. The average molecular weight is 255 g/mol. The molecule has 7 nitrogen and oxygen atoms in total. The summed E-state index contributed by atoms with van der Waals surface area (Å²) in [5, 5.41) is 14.6. The zero-order valence-electron chi connectivity index (χ0n) is 10.9. The van der Waals surface area contributed by atoms with Crippen LogP contribution >= 0.6 is 0 Å². The van der Waals surface area contributed by atoms with E-state index in [1.165, 1.54) is 17.9 Å². The highest BCUT2D eigenvalue weighted by atomic mass is 16.6. The molecule has 0 saturated carbocycles. The smallest absolute Gasteiger partial charge is 0.390 e. The van der Waals surface area contributed by atoms with E-state index in [-0.39, 0.29) is 24.2 Å². The maximum absolute atomic E-state index is 11.3. The normalized spacial score (nSPS) is 12.5. The van der Waals surface area contributed by atoms with Crippen LogP contribution in [0, 0.1) is 16.0 Å². The molecule has 1 unspecified atom stereocenters. The van der Waals surface area contributed by atoms with E-state index < -0.39 is 10.8 Å². The zero-order chi connectivity index (χ0) is 13.9. The third-order valence-electron chi connectivity index (χ3n) is 2.63. The summed E-state index contributed by atoms with van der Waals surface area (Å²) in [7, 11) is 1.31. The molecule has 0 amide bonds. The van der Waals surface area contributed by atoms with Gasteiger partial charge in [0.05, 0.1) is 36.4 Å². The quantitative estimate of drug-likeness (QED) is 0.454. The molecule has 0 bridgehead atoms. The Kier molecular flexibility index (Phi) is 4.41. The predicted molar refractivity (Wildman–Crippen MR) is 64.2 cm³/mol. The molecule has 1 aromatic rings. The van der Waals surface area contributed by atoms with Gasteiger partial charge in [0.1, 0.15) is 0 Å². The van der Waals surface area contributed by atoms with Crippen molar-refractivity contribution in [1.82, 2.24) is 9.78 Å². The minimum Gasteiger partial charge on any atom is -0.469 e. The van der Waals surface area contributed by atoms with E-state index in [9.17, 15) is 14.9 Å². The van der Waals surface area contributed by atoms with Crippen molar-refractivity contribution in [3.63, 3.8) is 0 Å². The van der Waals surface area contributed by atoms with E-state index in [2.05, 4.69) is 9.84 Å². The van der Waals surface area contributed by atoms with Crippen molar-refractivity contribution < 1.29 is 14.5 Å². The maximum atomic E-state index is 11.3. The van der Waals surface area contributed by atoms with Crippen molar-refractivity contribution in [2.75, 3.05) is 7.11 Å². The molecule has 100 valence electrons. The fourth-order valence-corrected chi connectivity index (χ4v) is 1.65. The predicted octanol–water partition coefficient (Wildman–Crippen LogP) is 1.72. The lowest BCUT2D eigenvalue weighted by molar-refractivity contribution is -0.389. The molecule has 1 aromatic heterocycles. The molecule has 1 rings (SSSR count). The van der Waals surface area contributed by atoms with Gasteiger partial charge in [-0.05, 0) is 10.8 Å². The van der Waals surface area contributed by atoms with Gasteiger partial charge in [-0.25, -0.2) is 0 Å². The fourth-order valence-electron chi connectivity index (χ4n) is 1.65. The van der Waals surface area contributed by atoms with Crippen molar-refractivity contribution in [3.05, 3.63) is 21.9 Å². The summed E-state index contributed by atoms with van der Waals surface area (Å²) < 4.78 is 6.13. The van der Waals surface area contributed by atoms with Gasteiger partial charge < -0.3 is 14.9 Å². The van der Waals surface area contributed by atoms with Gasteiger partial charge in [-0.3, -0.25) is 4.79 Å². The second kappa shape index (κ2) is 5.61. The zero-order valence-corrected chi connectivity index (χ0v) is 10.9. The second-order valence-corrected chi connectivity index (χ2v) is 4.45. The first kappa shape index (κ1) is 14.1. The Balaban J connectivity index is 2.99. The third kappa shape index (κ3) is 3.06. The highest BCUT2D eigenvalue weighted by Gasteiger charge is 2.23. The number of methoxy groups -OCH3 is 1. The van der Waals surface area contributed by atoms with Crippen molar-refractivity contribution in [1.29, 1.82) is 0 Å². The molecule has 0 aliphatic heterocycles. The van der Waals surface area contributed by atoms with Crippen LogP contribution in [0.5, 0.6) is 0 Å². The Morgan fingerprint density at radius 1 is 1.56 bits per heavy atom. The number of rotatable bonds is 5. The molecule has 0 aliphatic rings. The number of ether oxygens (including phenoxy) is 1. The van der Waals surface area contributed by atoms with Gasteiger partial charge in [0.15, 0.2) is 0 Å². The van der Waals surface area contributed by atoms with Crippen LogP contribution < -0.4 is 0 Å². The van der Waals surface area contributed by atoms with E-state index in [4.69, 9.17) is 0 Å². The van der Waals surface area contributed by atoms with Crippen molar-refractivity contribution in [2.45, 2.75) is 33.2 Å². The molecule has 1 atom stereocenters. The molecule has 7 heteroatoms. The molecule has 0 saturated heterocycles. The van der Waals surface area contributed by atoms with E-state index >= 15 is 0 Å². The number of nitrogens with zero attached hydrogens (tertiary/aromatic N) is 3. The summed E-state index contributed by atoms with van der Waals surface area (Å²) in [5.74, 6) is -0.860. The summed E-state index contributed by atoms with van der Waals surface area (Å²) in [4.78, 5) is 21.5. The number of nitro groups is 1. The Hall–Kier alpha value is -1.92. The lowest BCUT2D eigenvalue weighted by Gasteiger charge is -2.10. The molecule has 0 spiro atoms. The topological polar surface area (TPSA) is 87.3 Å². The number of esters is 1. The van der Waals surface area contributed by atoms with Crippen LogP contribution in [0.3, 0.4) is 0 Å². The summed E-state index contributed by atoms with van der Waals surface area (Å²) in [6.07, 6.45) is 0. The molecule has 0 aliphatic carbocycles. The highest BCUT2D eigenvalue weighted by Crippen LogP contribution is 2.21. The summed E-state index contributed by atoms with van der Waals surface area (Å²) in [6, 6.07) is 1.44. The van der Waals surface area contributed by atoms with Gasteiger partial charge in [-0.15, -0.1) is 0 Å². The lowest BCUT2D eigenvalue weighted by atomic mass is 10.1. The molecule has 1 heterocycles. The van der Waals surface area contributed by atoms with Crippen LogP contribution in [0.4, 0.5) is 5.82 Å². The molecule has 0 fully saturated rings. The van der Waals surface area contributed by atoms with Crippen molar-refractivity contribution in [3.8, 4) is 0 Å². The van der Waals surface area contributed by atoms with Gasteiger partial charge in [-0.1, -0.05) is 20.8 Å². The maximum Gasteiger partial charge on any atom is 0.390 e. The van der Waals surface area contributed by atoms with Crippen LogP contribution in [0.25, 0.3) is 0 Å². The SMILES string of the molecule is COC(=O)C(C)Cn1nc([N+](=O)[O-])cc1C(C)C. The first-order chi connectivity index (χ1) is 8.36. The summed E-state index contributed by atoms with van der Waals surface area (Å²) in [5.41, 5.74) is 0.734. The van der Waals surface area contributed by atoms with Gasteiger partial charge in [-0.2, -0.15) is 4.68 Å². The number of aromatic nitrogens is 2. The molecule has 0 N–H and O–H groups in total. The van der Waals surface area contributed by atoms with Gasteiger partial charge >= 0.3 is 11.8 Å². The minimum atomic E-state index is -0.537. The number of hydrogen-bond acceptors (Lipinski definition) is 5. The monoisotopic (exact) mass is 255 g/mol. The van der Waals surface area contributed by atoms with E-state index in [1.807, 2.05) is 13.8 Å². The largest absolute Gasteiger partial charge is 0.469 e. The number of hydrogen-bond donors (Lipinski definition) is 0. The summed E-state index contributed by atoms with van der Waals surface area (Å²) >= 11 is 0. The van der Waals surface area contributed by atoms with E-state index in [0.717, 1.165) is 5.69 Å². The molecule has 18 heavy (non-hydrogen) atoms. The third-order valence-corrected chi connectivity index (χ3v) is 2.63. The van der Waals surface area contributed by atoms with Crippen LogP contribution in [-0.4, -0.2) is 27.8 Å².